The van der Waals surface area contributed by atoms with Crippen molar-refractivity contribution in [1.29, 1.82) is 0 Å². The number of carbonyl (C=O) groups is 1. The summed E-state index contributed by atoms with van der Waals surface area (Å²) in [4.78, 5) is 12.6. The minimum atomic E-state index is -3.68. The molecule has 2 rings (SSSR count). The third-order valence-corrected chi connectivity index (χ3v) is 6.12. The van der Waals surface area contributed by atoms with Gasteiger partial charge in [-0.2, -0.15) is 4.31 Å². The Labute approximate surface area is 144 Å². The molecule has 0 aliphatic carbocycles. The largest absolute Gasteiger partial charge is 0.497 e. The zero-order chi connectivity index (χ0) is 17.7. The van der Waals surface area contributed by atoms with Crippen LogP contribution in [0.5, 0.6) is 5.75 Å². The number of nitrogens with one attached hydrogen (secondary N) is 1. The van der Waals surface area contributed by atoms with Crippen molar-refractivity contribution in [3.8, 4) is 5.75 Å². The van der Waals surface area contributed by atoms with Gasteiger partial charge in [0.15, 0.2) is 0 Å². The Bertz CT molecular complexity index is 656. The Morgan fingerprint density at radius 3 is 2.58 bits per heavy atom. The minimum absolute atomic E-state index is 0.185. The van der Waals surface area contributed by atoms with Crippen LogP contribution in [0.25, 0.3) is 0 Å². The van der Waals surface area contributed by atoms with Crippen LogP contribution in [-0.2, 0) is 14.8 Å². The van der Waals surface area contributed by atoms with Crippen LogP contribution in [0.2, 0.25) is 0 Å². The van der Waals surface area contributed by atoms with Gasteiger partial charge in [-0.1, -0.05) is 13.8 Å². The van der Waals surface area contributed by atoms with Crippen LogP contribution >= 0.6 is 0 Å². The minimum Gasteiger partial charge on any atom is -0.497 e. The van der Waals surface area contributed by atoms with E-state index < -0.39 is 16.1 Å². The van der Waals surface area contributed by atoms with E-state index in [4.69, 9.17) is 4.74 Å². The van der Waals surface area contributed by atoms with Crippen molar-refractivity contribution in [2.75, 3.05) is 20.2 Å². The summed E-state index contributed by atoms with van der Waals surface area (Å²) in [7, 11) is -2.15. The van der Waals surface area contributed by atoms with E-state index in [9.17, 15) is 13.2 Å². The molecule has 0 saturated carbocycles. The predicted molar refractivity (Wildman–Crippen MR) is 92.4 cm³/mol. The molecule has 0 unspecified atom stereocenters. The highest BCUT2D eigenvalue weighted by Crippen LogP contribution is 2.27. The third-order valence-electron chi connectivity index (χ3n) is 4.19. The summed E-state index contributed by atoms with van der Waals surface area (Å²) in [6, 6.07) is 5.63. The topological polar surface area (TPSA) is 75.7 Å². The standard InChI is InChI=1S/C17H26N2O4S/c1-13(2)10-11-18-17(20)16-5-4-12-19(16)24(21,22)15-8-6-14(23-3)7-9-15/h6-9,13,16H,4-5,10-12H2,1-3H3,(H,18,20)/t16-/m1/s1. The summed E-state index contributed by atoms with van der Waals surface area (Å²) >= 11 is 0. The van der Waals surface area contributed by atoms with Gasteiger partial charge in [-0.15, -0.1) is 0 Å². The number of rotatable bonds is 7. The van der Waals surface area contributed by atoms with Gasteiger partial charge >= 0.3 is 0 Å². The maximum absolute atomic E-state index is 12.8. The van der Waals surface area contributed by atoms with Crippen LogP contribution in [-0.4, -0.2) is 44.9 Å². The summed E-state index contributed by atoms with van der Waals surface area (Å²) in [6.45, 7) is 5.12. The van der Waals surface area contributed by atoms with E-state index in [1.165, 1.54) is 23.5 Å². The Hall–Kier alpha value is -1.60. The molecule has 0 radical (unpaired) electrons. The molecule has 0 spiro atoms. The highest BCUT2D eigenvalue weighted by atomic mass is 32.2. The number of amides is 1. The van der Waals surface area contributed by atoms with Crippen molar-refractivity contribution in [2.45, 2.75) is 44.0 Å². The van der Waals surface area contributed by atoms with Crippen molar-refractivity contribution in [3.05, 3.63) is 24.3 Å². The number of benzene rings is 1. The van der Waals surface area contributed by atoms with E-state index in [1.807, 2.05) is 0 Å². The molecule has 1 saturated heterocycles. The van der Waals surface area contributed by atoms with E-state index in [1.54, 1.807) is 12.1 Å². The number of methoxy groups -OCH3 is 1. The van der Waals surface area contributed by atoms with E-state index in [2.05, 4.69) is 19.2 Å². The lowest BCUT2D eigenvalue weighted by Gasteiger charge is -2.23. The van der Waals surface area contributed by atoms with Crippen LogP contribution in [0.15, 0.2) is 29.2 Å². The summed E-state index contributed by atoms with van der Waals surface area (Å²) in [5.41, 5.74) is 0. The van der Waals surface area contributed by atoms with Crippen molar-refractivity contribution in [2.24, 2.45) is 5.92 Å². The van der Waals surface area contributed by atoms with Gasteiger partial charge in [0.05, 0.1) is 12.0 Å². The van der Waals surface area contributed by atoms with Crippen LogP contribution < -0.4 is 10.1 Å². The molecule has 1 aliphatic rings. The third kappa shape index (κ3) is 4.27. The lowest BCUT2D eigenvalue weighted by Crippen LogP contribution is -2.46. The number of ether oxygens (including phenoxy) is 1. The summed E-state index contributed by atoms with van der Waals surface area (Å²) in [6.07, 6.45) is 2.13. The number of hydrogen-bond acceptors (Lipinski definition) is 4. The molecule has 1 amide bonds. The smallest absolute Gasteiger partial charge is 0.243 e. The molecule has 1 atom stereocenters. The normalized spacial score (nSPS) is 18.8. The molecule has 0 aromatic heterocycles. The molecule has 24 heavy (non-hydrogen) atoms. The summed E-state index contributed by atoms with van der Waals surface area (Å²) < 4.78 is 32.0. The van der Waals surface area contributed by atoms with Crippen molar-refractivity contribution >= 4 is 15.9 Å². The first kappa shape index (κ1) is 18.7. The second kappa shape index (κ2) is 7.98. The molecule has 1 heterocycles. The molecule has 1 fully saturated rings. The van der Waals surface area contributed by atoms with Crippen LogP contribution in [0, 0.1) is 5.92 Å². The van der Waals surface area contributed by atoms with Gasteiger partial charge in [-0.05, 0) is 49.4 Å². The van der Waals surface area contributed by atoms with Crippen LogP contribution in [0.3, 0.4) is 0 Å². The highest BCUT2D eigenvalue weighted by Gasteiger charge is 2.39. The zero-order valence-electron chi connectivity index (χ0n) is 14.5. The first-order valence-electron chi connectivity index (χ1n) is 8.30. The maximum Gasteiger partial charge on any atom is 0.243 e. The van der Waals surface area contributed by atoms with E-state index in [0.29, 0.717) is 37.6 Å². The van der Waals surface area contributed by atoms with Gasteiger partial charge in [0.2, 0.25) is 15.9 Å². The highest BCUT2D eigenvalue weighted by molar-refractivity contribution is 7.89. The molecule has 7 heteroatoms. The first-order valence-corrected chi connectivity index (χ1v) is 9.74. The average Bonchev–Trinajstić information content (AvgIpc) is 3.05. The molecular formula is C17H26N2O4S. The molecule has 134 valence electrons. The fourth-order valence-corrected chi connectivity index (χ4v) is 4.43. The maximum atomic E-state index is 12.8. The average molecular weight is 354 g/mol. The van der Waals surface area contributed by atoms with Crippen molar-refractivity contribution in [1.82, 2.24) is 9.62 Å². The van der Waals surface area contributed by atoms with Crippen molar-refractivity contribution in [3.63, 3.8) is 0 Å². The lowest BCUT2D eigenvalue weighted by atomic mass is 10.1. The lowest BCUT2D eigenvalue weighted by molar-refractivity contribution is -0.124. The van der Waals surface area contributed by atoms with Gasteiger partial charge in [0.1, 0.15) is 11.8 Å². The number of nitrogens with zero attached hydrogens (tertiary/aromatic N) is 1. The quantitative estimate of drug-likeness (QED) is 0.813. The second-order valence-electron chi connectivity index (χ2n) is 6.42. The predicted octanol–water partition coefficient (Wildman–Crippen LogP) is 2.01. The fourth-order valence-electron chi connectivity index (χ4n) is 2.77. The SMILES string of the molecule is COc1ccc(S(=O)(=O)N2CCC[C@@H]2C(=O)NCCC(C)C)cc1. The Morgan fingerprint density at radius 1 is 1.33 bits per heavy atom. The number of sulfonamides is 1. The van der Waals surface area contributed by atoms with E-state index in [0.717, 1.165) is 6.42 Å². The zero-order valence-corrected chi connectivity index (χ0v) is 15.3. The summed E-state index contributed by atoms with van der Waals surface area (Å²) in [5, 5.41) is 2.86. The molecule has 1 N–H and O–H groups in total. The van der Waals surface area contributed by atoms with E-state index >= 15 is 0 Å². The Morgan fingerprint density at radius 2 is 2.00 bits per heavy atom. The Balaban J connectivity index is 2.11. The van der Waals surface area contributed by atoms with Gasteiger partial charge in [0, 0.05) is 13.1 Å². The van der Waals surface area contributed by atoms with Gasteiger partial charge in [-0.3, -0.25) is 4.79 Å². The second-order valence-corrected chi connectivity index (χ2v) is 8.31. The first-order chi connectivity index (χ1) is 11.4. The molecule has 6 nitrogen and oxygen atoms in total. The molecule has 1 aromatic rings. The van der Waals surface area contributed by atoms with Gasteiger partial charge < -0.3 is 10.1 Å². The monoisotopic (exact) mass is 354 g/mol. The van der Waals surface area contributed by atoms with Crippen LogP contribution in [0.4, 0.5) is 0 Å². The molecular weight excluding hydrogens is 328 g/mol. The van der Waals surface area contributed by atoms with E-state index in [-0.39, 0.29) is 10.8 Å². The number of hydrogen-bond donors (Lipinski definition) is 1. The van der Waals surface area contributed by atoms with Crippen LogP contribution in [0.1, 0.15) is 33.1 Å². The number of carbonyl (C=O) groups excluding carboxylic acids is 1. The van der Waals surface area contributed by atoms with Gasteiger partial charge in [-0.25, -0.2) is 8.42 Å². The fraction of sp³-hybridized carbons (Fsp3) is 0.588. The molecule has 0 bridgehead atoms. The Kier molecular flexibility index (Phi) is 6.23. The summed E-state index contributed by atoms with van der Waals surface area (Å²) in [5.74, 6) is 0.886. The molecule has 1 aromatic carbocycles. The molecule has 1 aliphatic heterocycles. The van der Waals surface area contributed by atoms with Gasteiger partial charge in [0.25, 0.3) is 0 Å². The van der Waals surface area contributed by atoms with Crippen molar-refractivity contribution < 1.29 is 17.9 Å².